The summed E-state index contributed by atoms with van der Waals surface area (Å²) in [6.45, 7) is 2.22. The van der Waals surface area contributed by atoms with Crippen LogP contribution in [0.3, 0.4) is 0 Å². The van der Waals surface area contributed by atoms with E-state index in [9.17, 15) is 0 Å². The predicted octanol–water partition coefficient (Wildman–Crippen LogP) is 2.56. The minimum absolute atomic E-state index is 0.521. The fourth-order valence-corrected chi connectivity index (χ4v) is 2.19. The smallest absolute Gasteiger partial charge is 0.0932 e. The van der Waals surface area contributed by atoms with Gasteiger partial charge in [0.2, 0.25) is 0 Å². The first-order chi connectivity index (χ1) is 8.35. The second-order valence-corrected chi connectivity index (χ2v) is 4.37. The molecule has 0 saturated heterocycles. The van der Waals surface area contributed by atoms with Crippen LogP contribution in [0.5, 0.6) is 0 Å². The molecule has 0 bridgehead atoms. The Kier molecular flexibility index (Phi) is 4.04. The number of rotatable bonds is 5. The van der Waals surface area contributed by atoms with Gasteiger partial charge in [-0.2, -0.15) is 10.2 Å². The molecule has 1 atom stereocenters. The molecule has 1 heterocycles. The highest BCUT2D eigenvalue weighted by Crippen LogP contribution is 2.17. The van der Waals surface area contributed by atoms with Crippen LogP contribution in [-0.2, 0) is 6.42 Å². The highest BCUT2D eigenvalue weighted by Gasteiger charge is 2.09. The van der Waals surface area contributed by atoms with Crippen LogP contribution in [-0.4, -0.2) is 23.3 Å². The van der Waals surface area contributed by atoms with Crippen LogP contribution in [0.15, 0.2) is 30.5 Å². The highest BCUT2D eigenvalue weighted by molar-refractivity contribution is 5.81. The van der Waals surface area contributed by atoms with Gasteiger partial charge in [0.1, 0.15) is 0 Å². The second kappa shape index (κ2) is 5.73. The van der Waals surface area contributed by atoms with Crippen molar-refractivity contribution in [2.24, 2.45) is 0 Å². The van der Waals surface area contributed by atoms with Crippen LogP contribution in [0.2, 0.25) is 0 Å². The van der Waals surface area contributed by atoms with Gasteiger partial charge in [-0.1, -0.05) is 31.5 Å². The van der Waals surface area contributed by atoms with Gasteiger partial charge >= 0.3 is 0 Å². The maximum Gasteiger partial charge on any atom is 0.0932 e. The normalized spacial score (nSPS) is 12.8. The largest absolute Gasteiger partial charge is 0.317 e. The van der Waals surface area contributed by atoms with Gasteiger partial charge in [-0.25, -0.2) is 0 Å². The van der Waals surface area contributed by atoms with Gasteiger partial charge in [0.15, 0.2) is 0 Å². The number of nitrogens with one attached hydrogen (secondary N) is 1. The first-order valence-electron chi connectivity index (χ1n) is 6.21. The van der Waals surface area contributed by atoms with E-state index in [1.165, 1.54) is 23.8 Å². The summed E-state index contributed by atoms with van der Waals surface area (Å²) in [5, 5.41) is 12.8. The Labute approximate surface area is 102 Å². The molecular formula is C14H19N3. The third-order valence-corrected chi connectivity index (χ3v) is 3.14. The number of fused-ring (bicyclic) bond motifs is 1. The average molecular weight is 229 g/mol. The first kappa shape index (κ1) is 12.0. The fourth-order valence-electron chi connectivity index (χ4n) is 2.19. The Bertz CT molecular complexity index is 476. The van der Waals surface area contributed by atoms with Crippen LogP contribution in [0.1, 0.15) is 25.3 Å². The maximum atomic E-state index is 4.15. The highest BCUT2D eigenvalue weighted by atomic mass is 15.1. The van der Waals surface area contributed by atoms with Crippen LogP contribution in [0.4, 0.5) is 0 Å². The molecule has 0 amide bonds. The summed E-state index contributed by atoms with van der Waals surface area (Å²) in [6, 6.07) is 8.72. The monoisotopic (exact) mass is 229 g/mol. The molecule has 17 heavy (non-hydrogen) atoms. The zero-order chi connectivity index (χ0) is 12.1. The standard InChI is InChI=1S/C14H19N3/c1-3-6-12(15-2)9-11-10-16-17-14-8-5-4-7-13(11)14/h4-5,7-8,10,12,15H,3,6,9H2,1-2H3. The zero-order valence-electron chi connectivity index (χ0n) is 10.5. The molecule has 2 rings (SSSR count). The van der Waals surface area contributed by atoms with E-state index >= 15 is 0 Å². The lowest BCUT2D eigenvalue weighted by Crippen LogP contribution is -2.27. The lowest BCUT2D eigenvalue weighted by molar-refractivity contribution is 0.514. The number of hydrogen-bond donors (Lipinski definition) is 1. The van der Waals surface area contributed by atoms with E-state index in [1.807, 2.05) is 25.4 Å². The van der Waals surface area contributed by atoms with Crippen molar-refractivity contribution in [3.05, 3.63) is 36.0 Å². The van der Waals surface area contributed by atoms with Gasteiger partial charge in [0, 0.05) is 11.4 Å². The molecule has 0 fully saturated rings. The minimum atomic E-state index is 0.521. The number of nitrogens with zero attached hydrogens (tertiary/aromatic N) is 2. The fraction of sp³-hybridized carbons (Fsp3) is 0.429. The van der Waals surface area contributed by atoms with Gasteiger partial charge in [0.05, 0.1) is 11.7 Å². The van der Waals surface area contributed by atoms with Crippen LogP contribution >= 0.6 is 0 Å². The maximum absolute atomic E-state index is 4.15. The van der Waals surface area contributed by atoms with Crippen molar-refractivity contribution in [3.8, 4) is 0 Å². The van der Waals surface area contributed by atoms with Gasteiger partial charge in [-0.15, -0.1) is 0 Å². The Hall–Kier alpha value is -1.48. The number of benzene rings is 1. The van der Waals surface area contributed by atoms with Crippen molar-refractivity contribution in [3.63, 3.8) is 0 Å². The van der Waals surface area contributed by atoms with Crippen molar-refractivity contribution in [1.82, 2.24) is 15.5 Å². The molecule has 2 aromatic rings. The summed E-state index contributed by atoms with van der Waals surface area (Å²) in [5.41, 5.74) is 2.26. The van der Waals surface area contributed by atoms with Crippen LogP contribution < -0.4 is 5.32 Å². The topological polar surface area (TPSA) is 37.8 Å². The molecule has 1 unspecified atom stereocenters. The van der Waals surface area contributed by atoms with Crippen molar-refractivity contribution in [1.29, 1.82) is 0 Å². The average Bonchev–Trinajstić information content (AvgIpc) is 2.38. The molecule has 90 valence electrons. The number of likely N-dealkylation sites (N-methyl/N-ethyl adjacent to an activating group) is 1. The molecule has 0 spiro atoms. The van der Waals surface area contributed by atoms with Crippen molar-refractivity contribution < 1.29 is 0 Å². The van der Waals surface area contributed by atoms with E-state index in [1.54, 1.807) is 0 Å². The summed E-state index contributed by atoms with van der Waals surface area (Å²) < 4.78 is 0. The molecule has 0 aliphatic heterocycles. The SMILES string of the molecule is CCCC(Cc1cnnc2ccccc12)NC. The van der Waals surface area contributed by atoms with Crippen molar-refractivity contribution >= 4 is 10.9 Å². The van der Waals surface area contributed by atoms with E-state index < -0.39 is 0 Å². The van der Waals surface area contributed by atoms with Gasteiger partial charge in [-0.3, -0.25) is 0 Å². The Balaban J connectivity index is 2.28. The summed E-state index contributed by atoms with van der Waals surface area (Å²) in [4.78, 5) is 0. The molecule has 0 radical (unpaired) electrons. The van der Waals surface area contributed by atoms with E-state index in [4.69, 9.17) is 0 Å². The summed E-state index contributed by atoms with van der Waals surface area (Å²) in [7, 11) is 2.02. The van der Waals surface area contributed by atoms with Crippen molar-refractivity contribution in [2.45, 2.75) is 32.2 Å². The third-order valence-electron chi connectivity index (χ3n) is 3.14. The molecule has 0 aliphatic carbocycles. The molecule has 0 saturated carbocycles. The Morgan fingerprint density at radius 3 is 2.88 bits per heavy atom. The van der Waals surface area contributed by atoms with E-state index in [0.717, 1.165) is 11.9 Å². The Morgan fingerprint density at radius 1 is 1.29 bits per heavy atom. The molecule has 3 heteroatoms. The van der Waals surface area contributed by atoms with E-state index in [0.29, 0.717) is 6.04 Å². The first-order valence-corrected chi connectivity index (χ1v) is 6.21. The summed E-state index contributed by atoms with van der Waals surface area (Å²) in [6.07, 6.45) is 5.29. The van der Waals surface area contributed by atoms with Gasteiger partial charge < -0.3 is 5.32 Å². The number of hydrogen-bond acceptors (Lipinski definition) is 3. The van der Waals surface area contributed by atoms with Crippen LogP contribution in [0, 0.1) is 0 Å². The van der Waals surface area contributed by atoms with E-state index in [2.05, 4.69) is 34.6 Å². The van der Waals surface area contributed by atoms with Crippen LogP contribution in [0.25, 0.3) is 10.9 Å². The quantitative estimate of drug-likeness (QED) is 0.856. The minimum Gasteiger partial charge on any atom is -0.317 e. The second-order valence-electron chi connectivity index (χ2n) is 4.37. The summed E-state index contributed by atoms with van der Waals surface area (Å²) >= 11 is 0. The zero-order valence-corrected chi connectivity index (χ0v) is 10.5. The van der Waals surface area contributed by atoms with Gasteiger partial charge in [0.25, 0.3) is 0 Å². The summed E-state index contributed by atoms with van der Waals surface area (Å²) in [5.74, 6) is 0. The lowest BCUT2D eigenvalue weighted by Gasteiger charge is -2.15. The molecule has 1 aromatic heterocycles. The molecule has 3 nitrogen and oxygen atoms in total. The van der Waals surface area contributed by atoms with Gasteiger partial charge in [-0.05, 0) is 31.5 Å². The van der Waals surface area contributed by atoms with E-state index in [-0.39, 0.29) is 0 Å². The lowest BCUT2D eigenvalue weighted by atomic mass is 10.0. The number of aromatic nitrogens is 2. The predicted molar refractivity (Wildman–Crippen MR) is 71.0 cm³/mol. The molecule has 1 aromatic carbocycles. The van der Waals surface area contributed by atoms with Crippen molar-refractivity contribution in [2.75, 3.05) is 7.05 Å². The molecule has 1 N–H and O–H groups in total. The third kappa shape index (κ3) is 2.80. The molecular weight excluding hydrogens is 210 g/mol. The molecule has 0 aliphatic rings. The Morgan fingerprint density at radius 2 is 2.12 bits per heavy atom.